The smallest absolute Gasteiger partial charge is 0.252 e. The van der Waals surface area contributed by atoms with E-state index in [9.17, 15) is 10.2 Å². The van der Waals surface area contributed by atoms with E-state index in [0.29, 0.717) is 30.0 Å². The second-order valence-corrected chi connectivity index (χ2v) is 7.85. The molecule has 27 heavy (non-hydrogen) atoms. The lowest BCUT2D eigenvalue weighted by Crippen LogP contribution is -2.40. The minimum Gasteiger partial charge on any atom is -0.422 e. The van der Waals surface area contributed by atoms with Gasteiger partial charge in [0, 0.05) is 45.2 Å². The first-order valence-electron chi connectivity index (χ1n) is 10.0. The lowest BCUT2D eigenvalue weighted by atomic mass is 9.93. The van der Waals surface area contributed by atoms with Crippen molar-refractivity contribution in [3.05, 3.63) is 12.2 Å². The predicted octanol–water partition coefficient (Wildman–Crippen LogP) is 0.929. The largest absolute Gasteiger partial charge is 0.422 e. The maximum atomic E-state index is 9.92. The Bertz CT molecular complexity index is 759. The monoisotopic (exact) mass is 375 g/mol. The van der Waals surface area contributed by atoms with E-state index in [1.165, 1.54) is 6.33 Å². The summed E-state index contributed by atoms with van der Waals surface area (Å²) < 4.78 is 5.67. The van der Waals surface area contributed by atoms with Gasteiger partial charge in [-0.1, -0.05) is 6.92 Å². The molecule has 2 N–H and O–H groups in total. The average molecular weight is 375 g/mol. The predicted molar refractivity (Wildman–Crippen MR) is 102 cm³/mol. The molecule has 0 amide bonds. The van der Waals surface area contributed by atoms with E-state index in [2.05, 4.69) is 24.8 Å². The highest BCUT2D eigenvalue weighted by Crippen LogP contribution is 2.32. The molecule has 0 saturated carbocycles. The molecular weight excluding hydrogens is 346 g/mol. The number of aryl methyl sites for hydroxylation is 1. The Morgan fingerprint density at radius 1 is 1.11 bits per heavy atom. The molecule has 148 valence electrons. The number of hydrogen-bond acceptors (Lipinski definition) is 8. The highest BCUT2D eigenvalue weighted by Gasteiger charge is 2.36. The van der Waals surface area contributed by atoms with Gasteiger partial charge in [0.15, 0.2) is 17.2 Å². The van der Waals surface area contributed by atoms with Crippen molar-refractivity contribution in [1.29, 1.82) is 0 Å². The number of likely N-dealkylation sites (tertiary alicyclic amines) is 1. The number of oxazole rings is 1. The molecule has 4 heterocycles. The molecule has 2 saturated heterocycles. The second-order valence-electron chi connectivity index (χ2n) is 7.85. The van der Waals surface area contributed by atoms with Gasteiger partial charge in [-0.15, -0.1) is 0 Å². The summed E-state index contributed by atoms with van der Waals surface area (Å²) in [6.07, 6.45) is 4.37. The Morgan fingerprint density at radius 2 is 1.89 bits per heavy atom. The van der Waals surface area contributed by atoms with Crippen LogP contribution in [0.3, 0.4) is 0 Å². The summed E-state index contributed by atoms with van der Waals surface area (Å²) in [4.78, 5) is 17.9. The van der Waals surface area contributed by atoms with Gasteiger partial charge in [0.1, 0.15) is 6.33 Å². The van der Waals surface area contributed by atoms with Gasteiger partial charge in [-0.2, -0.15) is 4.98 Å². The minimum atomic E-state index is 0.182. The summed E-state index contributed by atoms with van der Waals surface area (Å²) in [6, 6.07) is 0. The highest BCUT2D eigenvalue weighted by atomic mass is 16.4. The third-order valence-corrected chi connectivity index (χ3v) is 6.09. The zero-order valence-corrected chi connectivity index (χ0v) is 15.9. The fourth-order valence-corrected chi connectivity index (χ4v) is 4.38. The summed E-state index contributed by atoms with van der Waals surface area (Å²) >= 11 is 0. The topological polar surface area (TPSA) is 98.8 Å². The van der Waals surface area contributed by atoms with Crippen LogP contribution < -0.4 is 4.90 Å². The van der Waals surface area contributed by atoms with Gasteiger partial charge in [-0.05, 0) is 37.8 Å². The van der Waals surface area contributed by atoms with Crippen molar-refractivity contribution < 1.29 is 14.6 Å². The maximum absolute atomic E-state index is 9.92. The standard InChI is InChI=1S/C19H29N5O3/c1-2-16-22-17-18(20-12-21-19(17)27-16)24-8-14(15(9-24)11-26)7-23-5-3-13(10-25)4-6-23/h12-15,25-26H,2-11H2,1H3/t14-,15-/m0/s1. The number of fused-ring (bicyclic) bond motifs is 1. The van der Waals surface area contributed by atoms with Gasteiger partial charge in [0.05, 0.1) is 0 Å². The Kier molecular flexibility index (Phi) is 5.56. The molecule has 8 nitrogen and oxygen atoms in total. The van der Waals surface area contributed by atoms with Crippen molar-refractivity contribution in [3.8, 4) is 0 Å². The normalized spacial score (nSPS) is 24.9. The number of anilines is 1. The molecule has 2 aromatic rings. The summed E-state index contributed by atoms with van der Waals surface area (Å²) in [6.45, 7) is 7.15. The average Bonchev–Trinajstić information content (AvgIpc) is 3.31. The summed E-state index contributed by atoms with van der Waals surface area (Å²) in [5, 5.41) is 19.2. The first kappa shape index (κ1) is 18.6. The molecule has 4 rings (SSSR count). The number of aliphatic hydroxyl groups is 2. The van der Waals surface area contributed by atoms with E-state index in [4.69, 9.17) is 4.42 Å². The third kappa shape index (κ3) is 3.79. The zero-order valence-electron chi connectivity index (χ0n) is 15.9. The number of hydrogen-bond donors (Lipinski definition) is 2. The van der Waals surface area contributed by atoms with E-state index in [1.807, 2.05) is 6.92 Å². The Hall–Kier alpha value is -1.77. The van der Waals surface area contributed by atoms with Crippen LogP contribution in [0.25, 0.3) is 11.2 Å². The first-order chi connectivity index (χ1) is 13.2. The maximum Gasteiger partial charge on any atom is 0.252 e. The summed E-state index contributed by atoms with van der Waals surface area (Å²) in [5.41, 5.74) is 1.25. The lowest BCUT2D eigenvalue weighted by Gasteiger charge is -2.33. The summed E-state index contributed by atoms with van der Waals surface area (Å²) in [5.74, 6) is 2.55. The van der Waals surface area contributed by atoms with Crippen LogP contribution in [0, 0.1) is 17.8 Å². The molecule has 8 heteroatoms. The molecule has 0 aliphatic carbocycles. The van der Waals surface area contributed by atoms with E-state index >= 15 is 0 Å². The van der Waals surface area contributed by atoms with Gasteiger partial charge in [-0.25, -0.2) is 9.97 Å². The Morgan fingerprint density at radius 3 is 2.59 bits per heavy atom. The van der Waals surface area contributed by atoms with Crippen LogP contribution in [0.5, 0.6) is 0 Å². The number of piperidine rings is 1. The van der Waals surface area contributed by atoms with Crippen LogP contribution in [0.15, 0.2) is 10.7 Å². The van der Waals surface area contributed by atoms with Crippen molar-refractivity contribution in [2.24, 2.45) is 17.8 Å². The second kappa shape index (κ2) is 8.08. The molecule has 0 unspecified atom stereocenters. The quantitative estimate of drug-likeness (QED) is 0.769. The molecule has 0 spiro atoms. The molecule has 0 aromatic carbocycles. The number of nitrogens with zero attached hydrogens (tertiary/aromatic N) is 5. The zero-order chi connectivity index (χ0) is 18.8. The van der Waals surface area contributed by atoms with E-state index < -0.39 is 0 Å². The fourth-order valence-electron chi connectivity index (χ4n) is 4.38. The van der Waals surface area contributed by atoms with Gasteiger partial charge >= 0.3 is 0 Å². The number of aromatic nitrogens is 3. The van der Waals surface area contributed by atoms with Crippen molar-refractivity contribution in [1.82, 2.24) is 19.9 Å². The molecule has 0 radical (unpaired) electrons. The molecule has 2 aromatic heterocycles. The van der Waals surface area contributed by atoms with E-state index in [-0.39, 0.29) is 12.5 Å². The number of rotatable bonds is 6. The Balaban J connectivity index is 1.47. The Labute approximate surface area is 159 Å². The van der Waals surface area contributed by atoms with Gasteiger partial charge in [-0.3, -0.25) is 0 Å². The van der Waals surface area contributed by atoms with E-state index in [0.717, 1.165) is 63.3 Å². The minimum absolute atomic E-state index is 0.182. The van der Waals surface area contributed by atoms with Crippen LogP contribution in [-0.2, 0) is 6.42 Å². The van der Waals surface area contributed by atoms with Crippen LogP contribution >= 0.6 is 0 Å². The molecule has 0 bridgehead atoms. The molecule has 2 aliphatic heterocycles. The lowest BCUT2D eigenvalue weighted by molar-refractivity contribution is 0.106. The first-order valence-corrected chi connectivity index (χ1v) is 10.0. The SMILES string of the molecule is CCc1nc2c(N3C[C@@H](CO)[C@@H](CN4CCC(CO)CC4)C3)ncnc2o1. The third-order valence-electron chi connectivity index (χ3n) is 6.09. The highest BCUT2D eigenvalue weighted by molar-refractivity contribution is 5.81. The van der Waals surface area contributed by atoms with Crippen LogP contribution in [-0.4, -0.2) is 76.0 Å². The van der Waals surface area contributed by atoms with Crippen molar-refractivity contribution >= 4 is 17.0 Å². The molecule has 2 fully saturated rings. The van der Waals surface area contributed by atoms with Crippen LogP contribution in [0.2, 0.25) is 0 Å². The van der Waals surface area contributed by atoms with Gasteiger partial charge in [0.25, 0.3) is 5.71 Å². The van der Waals surface area contributed by atoms with Crippen molar-refractivity contribution in [2.45, 2.75) is 26.2 Å². The van der Waals surface area contributed by atoms with E-state index in [1.54, 1.807) is 0 Å². The van der Waals surface area contributed by atoms with Crippen molar-refractivity contribution in [3.63, 3.8) is 0 Å². The van der Waals surface area contributed by atoms with Crippen molar-refractivity contribution in [2.75, 3.05) is 50.8 Å². The van der Waals surface area contributed by atoms with Crippen LogP contribution in [0.4, 0.5) is 5.82 Å². The molecular formula is C19H29N5O3. The molecule has 2 atom stereocenters. The van der Waals surface area contributed by atoms with Gasteiger partial charge < -0.3 is 24.4 Å². The number of aliphatic hydroxyl groups excluding tert-OH is 2. The fraction of sp³-hybridized carbons (Fsp3) is 0.737. The summed E-state index contributed by atoms with van der Waals surface area (Å²) in [7, 11) is 0. The molecule has 2 aliphatic rings. The van der Waals surface area contributed by atoms with Gasteiger partial charge in [0.2, 0.25) is 0 Å². The van der Waals surface area contributed by atoms with Crippen LogP contribution in [0.1, 0.15) is 25.7 Å².